The molecule has 1 unspecified atom stereocenters. The Balaban J connectivity index is 2.74. The van der Waals surface area contributed by atoms with Crippen molar-refractivity contribution in [2.45, 2.75) is 66.5 Å². The summed E-state index contributed by atoms with van der Waals surface area (Å²) in [5.41, 5.74) is 0.695. The molecule has 0 fully saturated rings. The third-order valence-electron chi connectivity index (χ3n) is 3.63. The summed E-state index contributed by atoms with van der Waals surface area (Å²) < 4.78 is 5.78. The molecule has 1 aromatic carbocycles. The van der Waals surface area contributed by atoms with Crippen LogP contribution in [-0.2, 0) is 9.53 Å². The molecule has 25 heavy (non-hydrogen) atoms. The Morgan fingerprint density at radius 2 is 1.72 bits per heavy atom. The Bertz CT molecular complexity index is 592. The number of rotatable bonds is 7. The maximum absolute atomic E-state index is 12.6. The first kappa shape index (κ1) is 21.1. The van der Waals surface area contributed by atoms with Gasteiger partial charge in [-0.1, -0.05) is 71.0 Å². The van der Waals surface area contributed by atoms with Gasteiger partial charge in [-0.2, -0.15) is 0 Å². The molecular formula is C22H33NO2. The number of nitrogens with zero attached hydrogens (tertiary/aromatic N) is 1. The van der Waals surface area contributed by atoms with Crippen molar-refractivity contribution in [1.29, 1.82) is 0 Å². The Morgan fingerprint density at radius 3 is 2.24 bits per heavy atom. The predicted molar refractivity (Wildman–Crippen MR) is 107 cm³/mol. The molecule has 0 heterocycles. The van der Waals surface area contributed by atoms with Crippen molar-refractivity contribution in [3.05, 3.63) is 42.0 Å². The van der Waals surface area contributed by atoms with Gasteiger partial charge in [0.15, 0.2) is 0 Å². The van der Waals surface area contributed by atoms with Gasteiger partial charge in [-0.3, -0.25) is 4.99 Å². The van der Waals surface area contributed by atoms with E-state index in [1.165, 1.54) is 0 Å². The van der Waals surface area contributed by atoms with Crippen molar-refractivity contribution in [3.63, 3.8) is 0 Å². The van der Waals surface area contributed by atoms with Crippen LogP contribution in [0.25, 0.3) is 6.08 Å². The number of benzene rings is 1. The van der Waals surface area contributed by atoms with Gasteiger partial charge in [0.25, 0.3) is 0 Å². The van der Waals surface area contributed by atoms with Crippen molar-refractivity contribution in [2.24, 2.45) is 16.3 Å². The van der Waals surface area contributed by atoms with Gasteiger partial charge in [-0.25, -0.2) is 4.79 Å². The molecule has 0 radical (unpaired) electrons. The lowest BCUT2D eigenvalue weighted by molar-refractivity contribution is -0.161. The molecule has 1 rings (SSSR count). The van der Waals surface area contributed by atoms with Gasteiger partial charge in [0.05, 0.1) is 0 Å². The maximum Gasteiger partial charge on any atom is 0.331 e. The smallest absolute Gasteiger partial charge is 0.331 e. The number of ether oxygens (including phenoxy) is 1. The van der Waals surface area contributed by atoms with E-state index in [2.05, 4.69) is 25.8 Å². The predicted octanol–water partition coefficient (Wildman–Crippen LogP) is 5.55. The molecule has 0 spiro atoms. The lowest BCUT2D eigenvalue weighted by Gasteiger charge is -2.33. The summed E-state index contributed by atoms with van der Waals surface area (Å²) in [6.07, 6.45) is 6.32. The standard InChI is InChI=1S/C22H33NO2/c1-17(2)19(20(24)25-22(6,7)16-21(3,4)5)23-15-11-14-18-12-9-8-10-13-18/h8-15,17,19H,16H2,1-7H3/b14-11+,23-15+. The maximum atomic E-state index is 12.6. The summed E-state index contributed by atoms with van der Waals surface area (Å²) in [7, 11) is 0. The molecule has 0 aromatic heterocycles. The van der Waals surface area contributed by atoms with Crippen molar-refractivity contribution in [2.75, 3.05) is 0 Å². The first-order valence-corrected chi connectivity index (χ1v) is 8.98. The fraction of sp³-hybridized carbons (Fsp3) is 0.545. The van der Waals surface area contributed by atoms with E-state index < -0.39 is 11.6 Å². The number of aliphatic imine (C=N–C) groups is 1. The van der Waals surface area contributed by atoms with E-state index in [0.717, 1.165) is 12.0 Å². The molecule has 0 aliphatic rings. The largest absolute Gasteiger partial charge is 0.458 e. The van der Waals surface area contributed by atoms with E-state index in [1.54, 1.807) is 6.21 Å². The summed E-state index contributed by atoms with van der Waals surface area (Å²) in [6, 6.07) is 9.52. The minimum absolute atomic E-state index is 0.0827. The highest BCUT2D eigenvalue weighted by Crippen LogP contribution is 2.30. The highest BCUT2D eigenvalue weighted by atomic mass is 16.6. The van der Waals surface area contributed by atoms with Crippen LogP contribution in [0.1, 0.15) is 60.5 Å². The van der Waals surface area contributed by atoms with Crippen molar-refractivity contribution >= 4 is 18.3 Å². The summed E-state index contributed by atoms with van der Waals surface area (Å²) in [5, 5.41) is 0. The molecule has 0 saturated carbocycles. The van der Waals surface area contributed by atoms with Gasteiger partial charge in [-0.15, -0.1) is 0 Å². The van der Waals surface area contributed by atoms with Gasteiger partial charge in [0.1, 0.15) is 11.6 Å². The number of carbonyl (C=O) groups excluding carboxylic acids is 1. The van der Waals surface area contributed by atoms with Crippen molar-refractivity contribution in [3.8, 4) is 0 Å². The van der Waals surface area contributed by atoms with Crippen LogP contribution in [-0.4, -0.2) is 23.8 Å². The van der Waals surface area contributed by atoms with Crippen LogP contribution < -0.4 is 0 Å². The SMILES string of the molecule is CC(C)C(/N=C/C=C/c1ccccc1)C(=O)OC(C)(C)CC(C)(C)C. The molecular weight excluding hydrogens is 310 g/mol. The van der Waals surface area contributed by atoms with Crippen LogP contribution in [0, 0.1) is 11.3 Å². The van der Waals surface area contributed by atoms with E-state index in [0.29, 0.717) is 0 Å². The third-order valence-corrected chi connectivity index (χ3v) is 3.63. The van der Waals surface area contributed by atoms with Gasteiger partial charge >= 0.3 is 5.97 Å². The number of hydrogen-bond acceptors (Lipinski definition) is 3. The molecule has 0 N–H and O–H groups in total. The van der Waals surface area contributed by atoms with E-state index >= 15 is 0 Å². The zero-order chi connectivity index (χ0) is 19.1. The van der Waals surface area contributed by atoms with Crippen LogP contribution in [0.15, 0.2) is 41.4 Å². The Morgan fingerprint density at radius 1 is 1.12 bits per heavy atom. The van der Waals surface area contributed by atoms with Gasteiger partial charge in [-0.05, 0) is 43.2 Å². The van der Waals surface area contributed by atoms with Crippen molar-refractivity contribution < 1.29 is 9.53 Å². The van der Waals surface area contributed by atoms with Crippen LogP contribution in [0.3, 0.4) is 0 Å². The van der Waals surface area contributed by atoms with E-state index in [1.807, 2.05) is 70.2 Å². The average Bonchev–Trinajstić information content (AvgIpc) is 2.44. The van der Waals surface area contributed by atoms with Crippen LogP contribution >= 0.6 is 0 Å². The lowest BCUT2D eigenvalue weighted by atomic mass is 9.83. The minimum atomic E-state index is -0.502. The fourth-order valence-electron chi connectivity index (χ4n) is 3.01. The Hall–Kier alpha value is -1.90. The molecule has 1 aromatic rings. The average molecular weight is 344 g/mol. The zero-order valence-corrected chi connectivity index (χ0v) is 16.7. The van der Waals surface area contributed by atoms with Crippen molar-refractivity contribution in [1.82, 2.24) is 0 Å². The summed E-state index contributed by atoms with van der Waals surface area (Å²) >= 11 is 0. The van der Waals surface area contributed by atoms with E-state index in [-0.39, 0.29) is 17.3 Å². The third kappa shape index (κ3) is 8.67. The fourth-order valence-corrected chi connectivity index (χ4v) is 3.01. The Labute approximate surface area is 153 Å². The van der Waals surface area contributed by atoms with Gasteiger partial charge < -0.3 is 4.74 Å². The monoisotopic (exact) mass is 343 g/mol. The second kappa shape index (κ2) is 8.98. The number of carbonyl (C=O) groups is 1. The van der Waals surface area contributed by atoms with E-state index in [9.17, 15) is 4.79 Å². The molecule has 0 amide bonds. The first-order chi connectivity index (χ1) is 11.5. The number of hydrogen-bond donors (Lipinski definition) is 0. The molecule has 3 heteroatoms. The Kier molecular flexibility index (Phi) is 7.60. The number of allylic oxidation sites excluding steroid dienone is 1. The molecule has 3 nitrogen and oxygen atoms in total. The first-order valence-electron chi connectivity index (χ1n) is 8.98. The van der Waals surface area contributed by atoms with Gasteiger partial charge in [0, 0.05) is 6.21 Å². The van der Waals surface area contributed by atoms with Crippen LogP contribution in [0.2, 0.25) is 0 Å². The second-order valence-electron chi connectivity index (χ2n) is 8.68. The summed E-state index contributed by atoms with van der Waals surface area (Å²) in [5.74, 6) is -0.173. The van der Waals surface area contributed by atoms with Gasteiger partial charge in [0.2, 0.25) is 0 Å². The summed E-state index contributed by atoms with van der Waals surface area (Å²) in [6.45, 7) is 14.3. The highest BCUT2D eigenvalue weighted by Gasteiger charge is 2.32. The molecule has 0 saturated heterocycles. The molecule has 1 atom stereocenters. The molecule has 0 aliphatic carbocycles. The minimum Gasteiger partial charge on any atom is -0.458 e. The quantitative estimate of drug-likeness (QED) is 0.480. The zero-order valence-electron chi connectivity index (χ0n) is 16.7. The van der Waals surface area contributed by atoms with E-state index in [4.69, 9.17) is 4.74 Å². The summed E-state index contributed by atoms with van der Waals surface area (Å²) in [4.78, 5) is 17.0. The molecule has 138 valence electrons. The normalized spacial score (nSPS) is 14.4. The molecule has 0 bridgehead atoms. The topological polar surface area (TPSA) is 38.7 Å². The van der Waals surface area contributed by atoms with Crippen LogP contribution in [0.5, 0.6) is 0 Å². The number of esters is 1. The highest BCUT2D eigenvalue weighted by molar-refractivity contribution is 5.83. The van der Waals surface area contributed by atoms with Crippen LogP contribution in [0.4, 0.5) is 0 Å². The lowest BCUT2D eigenvalue weighted by Crippen LogP contribution is -2.38. The molecule has 0 aliphatic heterocycles. The second-order valence-corrected chi connectivity index (χ2v) is 8.68.